The van der Waals surface area contributed by atoms with Gasteiger partial charge >= 0.3 is 0 Å². The summed E-state index contributed by atoms with van der Waals surface area (Å²) in [5, 5.41) is 0. The maximum absolute atomic E-state index is 5.20. The van der Waals surface area contributed by atoms with Gasteiger partial charge in [-0.1, -0.05) is 0 Å². The molecule has 2 aromatic heterocycles. The largest absolute Gasteiger partial charge is 0.465 e. The quantitative estimate of drug-likeness (QED) is 0.657. The molecule has 14 heavy (non-hydrogen) atoms. The lowest BCUT2D eigenvalue weighted by molar-refractivity contribution is -0.673. The summed E-state index contributed by atoms with van der Waals surface area (Å²) in [4.78, 5) is 0. The number of aromatic nitrogens is 1. The Balaban J connectivity index is 2.23. The fourth-order valence-electron chi connectivity index (χ4n) is 1.26. The molecule has 70 valence electrons. The van der Waals surface area contributed by atoms with Crippen LogP contribution < -0.4 is 4.57 Å². The first-order chi connectivity index (χ1) is 6.86. The molecule has 0 radical (unpaired) electrons. The summed E-state index contributed by atoms with van der Waals surface area (Å²) in [6.45, 7) is 0. The van der Waals surface area contributed by atoms with Crippen molar-refractivity contribution < 1.29 is 8.98 Å². The molecule has 0 amide bonds. The number of aryl methyl sites for hydroxylation is 1. The highest BCUT2D eigenvalue weighted by Crippen LogP contribution is 2.05. The van der Waals surface area contributed by atoms with Gasteiger partial charge in [-0.25, -0.2) is 4.57 Å². The third kappa shape index (κ3) is 1.91. The second-order valence-electron chi connectivity index (χ2n) is 3.09. The van der Waals surface area contributed by atoms with Crippen molar-refractivity contribution in [1.82, 2.24) is 0 Å². The Hall–Kier alpha value is -1.83. The summed E-state index contributed by atoms with van der Waals surface area (Å²) in [6, 6.07) is 9.88. The number of nitrogens with zero attached hydrogens (tertiary/aromatic N) is 1. The molecule has 0 aliphatic carbocycles. The van der Waals surface area contributed by atoms with Crippen molar-refractivity contribution in [2.24, 2.45) is 7.05 Å². The van der Waals surface area contributed by atoms with Crippen LogP contribution in [0, 0.1) is 0 Å². The van der Waals surface area contributed by atoms with Gasteiger partial charge in [-0.2, -0.15) is 0 Å². The van der Waals surface area contributed by atoms with Gasteiger partial charge in [-0.15, -0.1) is 0 Å². The molecule has 0 spiro atoms. The zero-order valence-electron chi connectivity index (χ0n) is 8.05. The van der Waals surface area contributed by atoms with Gasteiger partial charge in [0.25, 0.3) is 0 Å². The Morgan fingerprint density at radius 3 is 2.79 bits per heavy atom. The van der Waals surface area contributed by atoms with Crippen LogP contribution in [0.2, 0.25) is 0 Å². The van der Waals surface area contributed by atoms with Gasteiger partial charge in [0.15, 0.2) is 6.20 Å². The van der Waals surface area contributed by atoms with Gasteiger partial charge in [-0.05, 0) is 24.3 Å². The monoisotopic (exact) mass is 186 g/mol. The lowest BCUT2D eigenvalue weighted by Crippen LogP contribution is -2.30. The van der Waals surface area contributed by atoms with E-state index in [0.717, 1.165) is 11.5 Å². The van der Waals surface area contributed by atoms with Crippen LogP contribution in [0.5, 0.6) is 0 Å². The molecule has 0 aromatic carbocycles. The van der Waals surface area contributed by atoms with Crippen molar-refractivity contribution in [3.8, 4) is 0 Å². The average molecular weight is 186 g/mol. The van der Waals surface area contributed by atoms with E-state index in [4.69, 9.17) is 4.42 Å². The molecule has 0 atom stereocenters. The normalized spacial score (nSPS) is 10.9. The van der Waals surface area contributed by atoms with E-state index in [1.165, 1.54) is 0 Å². The molecular weight excluding hydrogens is 174 g/mol. The molecule has 0 N–H and O–H groups in total. The van der Waals surface area contributed by atoms with Crippen molar-refractivity contribution in [1.29, 1.82) is 0 Å². The fourth-order valence-corrected chi connectivity index (χ4v) is 1.26. The summed E-state index contributed by atoms with van der Waals surface area (Å²) in [5.74, 6) is 0.869. The second-order valence-corrected chi connectivity index (χ2v) is 3.09. The molecule has 0 aliphatic heterocycles. The lowest BCUT2D eigenvalue weighted by Gasteiger charge is -1.91. The Bertz CT molecular complexity index is 429. The van der Waals surface area contributed by atoms with Crippen LogP contribution >= 0.6 is 0 Å². The zero-order chi connectivity index (χ0) is 9.80. The van der Waals surface area contributed by atoms with Gasteiger partial charge < -0.3 is 4.42 Å². The van der Waals surface area contributed by atoms with Crippen LogP contribution in [0.25, 0.3) is 12.2 Å². The predicted molar refractivity (Wildman–Crippen MR) is 55.3 cm³/mol. The summed E-state index contributed by atoms with van der Waals surface area (Å²) in [5.41, 5.74) is 1.14. The fraction of sp³-hybridized carbons (Fsp3) is 0.0833. The van der Waals surface area contributed by atoms with E-state index in [-0.39, 0.29) is 0 Å². The molecule has 0 saturated heterocycles. The van der Waals surface area contributed by atoms with E-state index in [2.05, 4.69) is 10.6 Å². The Morgan fingerprint density at radius 2 is 2.07 bits per heavy atom. The van der Waals surface area contributed by atoms with Crippen molar-refractivity contribution in [3.05, 3.63) is 54.2 Å². The first kappa shape index (κ1) is 8.75. The van der Waals surface area contributed by atoms with Crippen LogP contribution in [0.4, 0.5) is 0 Å². The molecule has 0 unspecified atom stereocenters. The average Bonchev–Trinajstić information content (AvgIpc) is 2.69. The molecule has 0 saturated carbocycles. The van der Waals surface area contributed by atoms with Crippen LogP contribution in [0.1, 0.15) is 11.5 Å². The minimum Gasteiger partial charge on any atom is -0.465 e. The SMILES string of the molecule is C[n+]1ccccc1C=Cc1ccco1. The first-order valence-electron chi connectivity index (χ1n) is 4.52. The summed E-state index contributed by atoms with van der Waals surface area (Å²) in [7, 11) is 2.02. The Labute approximate surface area is 83.1 Å². The number of rotatable bonds is 2. The maximum Gasteiger partial charge on any atom is 0.205 e. The number of furan rings is 1. The molecule has 0 bridgehead atoms. The standard InChI is InChI=1S/C12H12NO/c1-13-9-3-2-5-11(13)7-8-12-6-4-10-14-12/h2-10H,1H3/q+1. The van der Waals surface area contributed by atoms with Crippen LogP contribution in [-0.2, 0) is 7.05 Å². The lowest BCUT2D eigenvalue weighted by atomic mass is 10.3. The van der Waals surface area contributed by atoms with Crippen molar-refractivity contribution in [2.45, 2.75) is 0 Å². The van der Waals surface area contributed by atoms with Crippen molar-refractivity contribution >= 4 is 12.2 Å². The minimum atomic E-state index is 0.869. The summed E-state index contributed by atoms with van der Waals surface area (Å²) >= 11 is 0. The molecule has 0 fully saturated rings. The van der Waals surface area contributed by atoms with E-state index < -0.39 is 0 Å². The van der Waals surface area contributed by atoms with Crippen LogP contribution in [-0.4, -0.2) is 0 Å². The predicted octanol–water partition coefficient (Wildman–Crippen LogP) is 2.27. The third-order valence-electron chi connectivity index (χ3n) is 2.06. The Morgan fingerprint density at radius 1 is 1.14 bits per heavy atom. The Kier molecular flexibility index (Phi) is 2.45. The van der Waals surface area contributed by atoms with Gasteiger partial charge in [-0.3, -0.25) is 0 Å². The molecule has 2 heterocycles. The second kappa shape index (κ2) is 3.92. The summed E-state index contributed by atoms with van der Waals surface area (Å²) < 4.78 is 7.25. The number of hydrogen-bond donors (Lipinski definition) is 0. The van der Waals surface area contributed by atoms with Crippen molar-refractivity contribution in [3.63, 3.8) is 0 Å². The van der Waals surface area contributed by atoms with Gasteiger partial charge in [0, 0.05) is 18.2 Å². The topological polar surface area (TPSA) is 17.0 Å². The van der Waals surface area contributed by atoms with E-state index in [1.807, 2.05) is 49.7 Å². The van der Waals surface area contributed by atoms with Gasteiger partial charge in [0.2, 0.25) is 5.69 Å². The van der Waals surface area contributed by atoms with Crippen LogP contribution in [0.15, 0.2) is 47.2 Å². The van der Waals surface area contributed by atoms with E-state index in [0.29, 0.717) is 0 Å². The highest BCUT2D eigenvalue weighted by atomic mass is 16.3. The first-order valence-corrected chi connectivity index (χ1v) is 4.52. The highest BCUT2D eigenvalue weighted by Gasteiger charge is 1.98. The molecule has 0 aliphatic rings. The highest BCUT2D eigenvalue weighted by molar-refractivity contribution is 5.63. The molecule has 2 rings (SSSR count). The van der Waals surface area contributed by atoms with Gasteiger partial charge in [0.1, 0.15) is 12.8 Å². The molecule has 2 aromatic rings. The number of pyridine rings is 1. The van der Waals surface area contributed by atoms with Crippen LogP contribution in [0.3, 0.4) is 0 Å². The van der Waals surface area contributed by atoms with E-state index in [1.54, 1.807) is 6.26 Å². The summed E-state index contributed by atoms with van der Waals surface area (Å²) in [6.07, 6.45) is 7.67. The van der Waals surface area contributed by atoms with E-state index >= 15 is 0 Å². The minimum absolute atomic E-state index is 0.869. The van der Waals surface area contributed by atoms with E-state index in [9.17, 15) is 0 Å². The molecule has 2 nitrogen and oxygen atoms in total. The van der Waals surface area contributed by atoms with Crippen molar-refractivity contribution in [2.75, 3.05) is 0 Å². The number of hydrogen-bond acceptors (Lipinski definition) is 1. The van der Waals surface area contributed by atoms with Gasteiger partial charge in [0.05, 0.1) is 6.26 Å². The zero-order valence-corrected chi connectivity index (χ0v) is 8.05. The molecular formula is C12H12NO+. The maximum atomic E-state index is 5.20. The molecule has 2 heteroatoms. The smallest absolute Gasteiger partial charge is 0.205 e. The third-order valence-corrected chi connectivity index (χ3v) is 2.06.